The summed E-state index contributed by atoms with van der Waals surface area (Å²) in [6.45, 7) is 2.28. The van der Waals surface area contributed by atoms with Crippen LogP contribution in [0.5, 0.6) is 0 Å². The normalized spacial score (nSPS) is 25.3. The summed E-state index contributed by atoms with van der Waals surface area (Å²) in [4.78, 5) is 28.6. The molecule has 0 saturated carbocycles. The zero-order chi connectivity index (χ0) is 18.9. The van der Waals surface area contributed by atoms with E-state index in [-0.39, 0.29) is 11.7 Å². The lowest BCUT2D eigenvalue weighted by atomic mass is 9.71. The predicted octanol–water partition coefficient (Wildman–Crippen LogP) is 3.17. The van der Waals surface area contributed by atoms with Crippen LogP contribution in [0.1, 0.15) is 46.7 Å². The molecule has 1 fully saturated rings. The Bertz CT molecular complexity index is 842. The number of primary amides is 1. The van der Waals surface area contributed by atoms with Crippen molar-refractivity contribution in [3.8, 4) is 0 Å². The van der Waals surface area contributed by atoms with Gasteiger partial charge in [-0.3, -0.25) is 9.59 Å². The number of hydrogen-bond donors (Lipinski definition) is 1. The minimum atomic E-state index is -1.18. The summed E-state index contributed by atoms with van der Waals surface area (Å²) in [5.74, 6) is -0.810. The Morgan fingerprint density at radius 3 is 2.37 bits per heavy atom. The van der Waals surface area contributed by atoms with E-state index >= 15 is 0 Å². The molecule has 4 heteroatoms. The van der Waals surface area contributed by atoms with Crippen LogP contribution in [0.3, 0.4) is 0 Å². The molecule has 0 spiro atoms. The van der Waals surface area contributed by atoms with Gasteiger partial charge in [-0.25, -0.2) is 0 Å². The lowest BCUT2D eigenvalue weighted by molar-refractivity contribution is -0.127. The molecule has 1 aliphatic carbocycles. The van der Waals surface area contributed by atoms with Crippen LogP contribution in [0.25, 0.3) is 0 Å². The van der Waals surface area contributed by atoms with Gasteiger partial charge in [0.2, 0.25) is 5.91 Å². The Balaban J connectivity index is 1.78. The molecular weight excluding hydrogens is 336 g/mol. The number of benzene rings is 2. The van der Waals surface area contributed by atoms with Crippen LogP contribution in [-0.2, 0) is 11.2 Å². The van der Waals surface area contributed by atoms with Crippen molar-refractivity contribution in [2.24, 2.45) is 11.1 Å². The van der Waals surface area contributed by atoms with Gasteiger partial charge >= 0.3 is 0 Å². The van der Waals surface area contributed by atoms with Crippen molar-refractivity contribution in [3.63, 3.8) is 0 Å². The summed E-state index contributed by atoms with van der Waals surface area (Å²) < 4.78 is 0. The summed E-state index contributed by atoms with van der Waals surface area (Å²) in [6, 6.07) is 17.7. The van der Waals surface area contributed by atoms with Crippen molar-refractivity contribution >= 4 is 11.7 Å². The average molecular weight is 362 g/mol. The van der Waals surface area contributed by atoms with E-state index in [9.17, 15) is 9.59 Å². The molecule has 1 saturated heterocycles. The second-order valence-electron chi connectivity index (χ2n) is 7.83. The van der Waals surface area contributed by atoms with E-state index in [0.717, 1.165) is 37.1 Å². The van der Waals surface area contributed by atoms with E-state index in [1.807, 2.05) is 42.5 Å². The molecule has 27 heavy (non-hydrogen) atoms. The Kier molecular flexibility index (Phi) is 4.83. The third-order valence-electron chi connectivity index (χ3n) is 6.22. The molecule has 0 aromatic heterocycles. The number of ketones is 1. The number of nitrogens with zero attached hydrogens (tertiary/aromatic N) is 1. The minimum absolute atomic E-state index is 0.0999. The highest BCUT2D eigenvalue weighted by Crippen LogP contribution is 2.49. The number of Topliss-reactive ketones (excluding diaryl/α,β-unsaturated/α-hetero) is 1. The molecular formula is C23H26N2O2. The van der Waals surface area contributed by atoms with E-state index in [1.54, 1.807) is 0 Å². The van der Waals surface area contributed by atoms with E-state index in [4.69, 9.17) is 5.73 Å². The summed E-state index contributed by atoms with van der Waals surface area (Å²) >= 11 is 0. The van der Waals surface area contributed by atoms with Crippen LogP contribution in [0, 0.1) is 5.41 Å². The zero-order valence-electron chi connectivity index (χ0n) is 15.6. The maximum absolute atomic E-state index is 13.5. The van der Waals surface area contributed by atoms with Crippen molar-refractivity contribution < 1.29 is 9.59 Å². The average Bonchev–Trinajstić information content (AvgIpc) is 2.93. The molecule has 2 atom stereocenters. The summed E-state index contributed by atoms with van der Waals surface area (Å²) in [6.07, 6.45) is 4.07. The van der Waals surface area contributed by atoms with E-state index in [2.05, 4.69) is 17.0 Å². The number of fused-ring (bicyclic) bond motifs is 1. The number of hydrogen-bond acceptors (Lipinski definition) is 3. The highest BCUT2D eigenvalue weighted by atomic mass is 16.2. The number of carbonyl (C=O) groups is 2. The fraction of sp³-hybridized carbons (Fsp3) is 0.391. The van der Waals surface area contributed by atoms with Crippen molar-refractivity contribution in [3.05, 3.63) is 71.3 Å². The minimum Gasteiger partial charge on any atom is -0.369 e. The maximum Gasteiger partial charge on any atom is 0.233 e. The van der Waals surface area contributed by atoms with Crippen LogP contribution in [0.2, 0.25) is 0 Å². The topological polar surface area (TPSA) is 63.4 Å². The van der Waals surface area contributed by atoms with Crippen molar-refractivity contribution in [2.75, 3.05) is 19.6 Å². The van der Waals surface area contributed by atoms with Crippen molar-refractivity contribution in [1.29, 1.82) is 0 Å². The van der Waals surface area contributed by atoms with Crippen molar-refractivity contribution in [2.45, 2.75) is 31.6 Å². The largest absolute Gasteiger partial charge is 0.369 e. The Morgan fingerprint density at radius 2 is 1.67 bits per heavy atom. The first kappa shape index (κ1) is 17.9. The van der Waals surface area contributed by atoms with Gasteiger partial charge in [-0.2, -0.15) is 0 Å². The lowest BCUT2D eigenvalue weighted by Gasteiger charge is -2.38. The van der Waals surface area contributed by atoms with Gasteiger partial charge in [-0.1, -0.05) is 61.0 Å². The Hall–Kier alpha value is -2.46. The van der Waals surface area contributed by atoms with Crippen LogP contribution < -0.4 is 5.73 Å². The third kappa shape index (κ3) is 3.08. The van der Waals surface area contributed by atoms with E-state index < -0.39 is 11.3 Å². The van der Waals surface area contributed by atoms with Crippen LogP contribution >= 0.6 is 0 Å². The number of nitrogens with two attached hydrogens (primary N) is 1. The second-order valence-corrected chi connectivity index (χ2v) is 7.83. The van der Waals surface area contributed by atoms with Gasteiger partial charge in [-0.05, 0) is 43.5 Å². The molecule has 2 N–H and O–H groups in total. The zero-order valence-corrected chi connectivity index (χ0v) is 15.6. The highest BCUT2D eigenvalue weighted by molar-refractivity contribution is 6.18. The smallest absolute Gasteiger partial charge is 0.233 e. The van der Waals surface area contributed by atoms with Crippen LogP contribution in [0.4, 0.5) is 0 Å². The lowest BCUT2D eigenvalue weighted by Crippen LogP contribution is -2.53. The molecule has 2 aromatic carbocycles. The predicted molar refractivity (Wildman–Crippen MR) is 106 cm³/mol. The fourth-order valence-electron chi connectivity index (χ4n) is 4.82. The van der Waals surface area contributed by atoms with E-state index in [1.165, 1.54) is 6.42 Å². The Labute approximate surface area is 160 Å². The van der Waals surface area contributed by atoms with Crippen LogP contribution in [-0.4, -0.2) is 36.2 Å². The first-order valence-corrected chi connectivity index (χ1v) is 9.83. The molecule has 140 valence electrons. The maximum atomic E-state index is 13.5. The molecule has 1 amide bonds. The first-order valence-electron chi connectivity index (χ1n) is 9.83. The molecule has 0 bridgehead atoms. The van der Waals surface area contributed by atoms with Gasteiger partial charge in [0.15, 0.2) is 5.78 Å². The molecule has 4 rings (SSSR count). The number of carbonyl (C=O) groups excluding carboxylic acids is 2. The van der Waals surface area contributed by atoms with Crippen molar-refractivity contribution in [1.82, 2.24) is 4.90 Å². The molecule has 1 aliphatic heterocycles. The first-order chi connectivity index (χ1) is 13.1. The van der Waals surface area contributed by atoms with Gasteiger partial charge in [0.25, 0.3) is 0 Å². The quantitative estimate of drug-likeness (QED) is 0.831. The standard InChI is InChI=1S/C23H26N2O2/c24-22(27)23(16-25-13-7-2-8-14-25)20(15-17-9-3-1-4-10-17)18-11-5-6-12-19(18)21(23)26/h1,3-6,9-12,20H,2,7-8,13-16H2,(H2,24,27). The van der Waals surface area contributed by atoms with Crippen LogP contribution in [0.15, 0.2) is 54.6 Å². The second kappa shape index (κ2) is 7.28. The van der Waals surface area contributed by atoms with E-state index in [0.29, 0.717) is 18.5 Å². The summed E-state index contributed by atoms with van der Waals surface area (Å²) in [7, 11) is 0. The molecule has 0 radical (unpaired) electrons. The highest BCUT2D eigenvalue weighted by Gasteiger charge is 2.57. The monoisotopic (exact) mass is 362 g/mol. The van der Waals surface area contributed by atoms with Gasteiger partial charge in [0.05, 0.1) is 0 Å². The molecule has 4 nitrogen and oxygen atoms in total. The van der Waals surface area contributed by atoms with Gasteiger partial charge in [-0.15, -0.1) is 0 Å². The number of amides is 1. The SMILES string of the molecule is NC(=O)C1(CN2CCCCC2)C(=O)c2ccccc2C1Cc1ccccc1. The van der Waals surface area contributed by atoms with Gasteiger partial charge in [0, 0.05) is 18.0 Å². The Morgan fingerprint density at radius 1 is 1.00 bits per heavy atom. The fourth-order valence-corrected chi connectivity index (χ4v) is 4.82. The molecule has 2 unspecified atom stereocenters. The van der Waals surface area contributed by atoms with Gasteiger partial charge in [0.1, 0.15) is 5.41 Å². The number of rotatable bonds is 5. The van der Waals surface area contributed by atoms with Gasteiger partial charge < -0.3 is 10.6 Å². The molecule has 2 aliphatic rings. The molecule has 1 heterocycles. The number of likely N-dealkylation sites (tertiary alicyclic amines) is 1. The number of piperidine rings is 1. The third-order valence-corrected chi connectivity index (χ3v) is 6.22. The molecule has 2 aromatic rings. The summed E-state index contributed by atoms with van der Waals surface area (Å²) in [5, 5.41) is 0. The summed E-state index contributed by atoms with van der Waals surface area (Å²) in [5.41, 5.74) is 7.54.